The Morgan fingerprint density at radius 1 is 1.07 bits per heavy atom. The number of aromatic hydroxyl groups is 1. The monoisotopic (exact) mass is 366 g/mol. The van der Waals surface area contributed by atoms with Gasteiger partial charge in [0.15, 0.2) is 0 Å². The van der Waals surface area contributed by atoms with Crippen LogP contribution in [-0.2, 0) is 14.4 Å². The Bertz CT molecular complexity index is 944. The molecule has 7 heteroatoms. The van der Waals surface area contributed by atoms with Crippen LogP contribution in [0, 0.1) is 11.8 Å². The zero-order valence-corrected chi connectivity index (χ0v) is 14.5. The van der Waals surface area contributed by atoms with E-state index in [1.54, 1.807) is 48.5 Å². The van der Waals surface area contributed by atoms with Gasteiger partial charge in [-0.05, 0) is 31.2 Å². The molecule has 2 aromatic rings. The summed E-state index contributed by atoms with van der Waals surface area (Å²) in [5.74, 6) is -4.47. The van der Waals surface area contributed by atoms with Crippen molar-refractivity contribution in [3.05, 3.63) is 60.2 Å². The van der Waals surface area contributed by atoms with Crippen molar-refractivity contribution in [3.63, 3.8) is 0 Å². The van der Waals surface area contributed by atoms with E-state index in [0.717, 1.165) is 4.90 Å². The fraction of sp³-hybridized carbons (Fsp3) is 0.250. The highest BCUT2D eigenvalue weighted by molar-refractivity contribution is 6.23. The maximum absolute atomic E-state index is 13.2. The summed E-state index contributed by atoms with van der Waals surface area (Å²) < 4.78 is 0. The highest BCUT2D eigenvalue weighted by atomic mass is 16.4. The minimum Gasteiger partial charge on any atom is -0.544 e. The molecule has 0 spiro atoms. The van der Waals surface area contributed by atoms with Crippen molar-refractivity contribution in [2.45, 2.75) is 18.5 Å². The maximum atomic E-state index is 13.2. The number of imide groups is 1. The van der Waals surface area contributed by atoms with E-state index in [2.05, 4.69) is 0 Å². The molecule has 4 atom stereocenters. The van der Waals surface area contributed by atoms with Crippen molar-refractivity contribution in [2.24, 2.45) is 11.8 Å². The Hall–Kier alpha value is -3.19. The third-order valence-corrected chi connectivity index (χ3v) is 5.66. The van der Waals surface area contributed by atoms with Crippen molar-refractivity contribution >= 4 is 23.5 Å². The number of phenolic OH excluding ortho intramolecular Hbond substituents is 1. The van der Waals surface area contributed by atoms with Gasteiger partial charge >= 0.3 is 0 Å². The van der Waals surface area contributed by atoms with E-state index in [4.69, 9.17) is 0 Å². The van der Waals surface area contributed by atoms with Gasteiger partial charge in [-0.15, -0.1) is 0 Å². The summed E-state index contributed by atoms with van der Waals surface area (Å²) in [6.07, 6.45) is 0. The molecule has 7 nitrogen and oxygen atoms in total. The maximum Gasteiger partial charge on any atom is 0.244 e. The number of anilines is 1. The van der Waals surface area contributed by atoms with Gasteiger partial charge in [0.05, 0.1) is 11.3 Å². The van der Waals surface area contributed by atoms with E-state index < -0.39 is 41.2 Å². The van der Waals surface area contributed by atoms with Crippen LogP contribution in [0.5, 0.6) is 5.75 Å². The largest absolute Gasteiger partial charge is 0.544 e. The van der Waals surface area contributed by atoms with Gasteiger partial charge in [0.2, 0.25) is 11.8 Å². The van der Waals surface area contributed by atoms with E-state index in [0.29, 0.717) is 11.3 Å². The molecule has 27 heavy (non-hydrogen) atoms. The summed E-state index contributed by atoms with van der Waals surface area (Å²) in [6, 6.07) is 14.2. The van der Waals surface area contributed by atoms with Crippen LogP contribution in [0.15, 0.2) is 54.6 Å². The first-order valence-corrected chi connectivity index (χ1v) is 8.64. The predicted octanol–water partition coefficient (Wildman–Crippen LogP) is -0.675. The van der Waals surface area contributed by atoms with Gasteiger partial charge < -0.3 is 20.3 Å². The highest BCUT2D eigenvalue weighted by Gasteiger charge is 2.68. The van der Waals surface area contributed by atoms with E-state index >= 15 is 0 Å². The lowest BCUT2D eigenvalue weighted by Crippen LogP contribution is -2.98. The quantitative estimate of drug-likeness (QED) is 0.699. The Morgan fingerprint density at radius 2 is 1.70 bits per heavy atom. The summed E-state index contributed by atoms with van der Waals surface area (Å²) >= 11 is 0. The van der Waals surface area contributed by atoms with Crippen LogP contribution in [0.25, 0.3) is 0 Å². The van der Waals surface area contributed by atoms with Gasteiger partial charge in [-0.1, -0.05) is 30.3 Å². The molecule has 2 aliphatic heterocycles. The molecule has 0 bridgehead atoms. The van der Waals surface area contributed by atoms with Crippen molar-refractivity contribution in [2.75, 3.05) is 4.90 Å². The summed E-state index contributed by atoms with van der Waals surface area (Å²) in [4.78, 5) is 39.3. The summed E-state index contributed by atoms with van der Waals surface area (Å²) in [7, 11) is 0. The molecule has 2 aliphatic rings. The molecule has 2 fully saturated rings. The minimum absolute atomic E-state index is 0.0430. The van der Waals surface area contributed by atoms with Crippen molar-refractivity contribution < 1.29 is 29.9 Å². The number of hydrogen-bond donors (Lipinski definition) is 2. The molecule has 4 rings (SSSR count). The second-order valence-corrected chi connectivity index (χ2v) is 7.17. The van der Waals surface area contributed by atoms with E-state index in [9.17, 15) is 24.6 Å². The van der Waals surface area contributed by atoms with Crippen LogP contribution in [0.2, 0.25) is 0 Å². The summed E-state index contributed by atoms with van der Waals surface area (Å²) in [6.45, 7) is 1.40. The van der Waals surface area contributed by atoms with E-state index in [-0.39, 0.29) is 5.75 Å². The Labute approximate surface area is 155 Å². The van der Waals surface area contributed by atoms with Gasteiger partial charge in [-0.25, -0.2) is 4.90 Å². The van der Waals surface area contributed by atoms with Gasteiger partial charge in [0.25, 0.3) is 0 Å². The standard InChI is InChI=1S/C20H18N2O5/c1-20(19(26)27)15-14(16(21-20)12-9-5-6-10-13(12)23)17(24)22(18(15)25)11-7-3-2-4-8-11/h2-10,14-16,21,23H,1H3,(H,26,27)/t14-,15+,16-,20-/m0/s1. The number of rotatable bonds is 3. The lowest BCUT2D eigenvalue weighted by Gasteiger charge is -2.29. The normalized spacial score (nSPS) is 29.8. The highest BCUT2D eigenvalue weighted by Crippen LogP contribution is 2.46. The van der Waals surface area contributed by atoms with Gasteiger partial charge in [0, 0.05) is 0 Å². The number of carboxylic acids is 1. The minimum atomic E-state index is -1.62. The fourth-order valence-corrected chi connectivity index (χ4v) is 4.34. The number of phenols is 1. The number of benzene rings is 2. The van der Waals surface area contributed by atoms with E-state index in [1.165, 1.54) is 18.3 Å². The average molecular weight is 366 g/mol. The molecule has 2 saturated heterocycles. The van der Waals surface area contributed by atoms with E-state index in [1.807, 2.05) is 0 Å². The van der Waals surface area contributed by atoms with Crippen LogP contribution in [0.4, 0.5) is 5.69 Å². The Morgan fingerprint density at radius 3 is 2.33 bits per heavy atom. The van der Waals surface area contributed by atoms with Crippen molar-refractivity contribution in [1.82, 2.24) is 0 Å². The Balaban J connectivity index is 1.85. The number of hydrogen-bond acceptors (Lipinski definition) is 5. The third-order valence-electron chi connectivity index (χ3n) is 5.66. The van der Waals surface area contributed by atoms with Crippen molar-refractivity contribution in [3.8, 4) is 5.75 Å². The molecule has 2 heterocycles. The molecule has 2 amide bonds. The first kappa shape index (κ1) is 17.2. The lowest BCUT2D eigenvalue weighted by atomic mass is 9.80. The zero-order chi connectivity index (χ0) is 19.3. The van der Waals surface area contributed by atoms with Crippen LogP contribution in [0.1, 0.15) is 18.5 Å². The SMILES string of the molecule is C[C@]1(C(=O)[O-])[NH2+][C@@H](c2ccccc2O)[C@H]2C(=O)N(c3ccccc3)C(=O)[C@@H]21. The molecule has 0 aromatic heterocycles. The topological polar surface area (TPSA) is 114 Å². The smallest absolute Gasteiger partial charge is 0.244 e. The molecule has 3 N–H and O–H groups in total. The van der Waals surface area contributed by atoms with Crippen LogP contribution < -0.4 is 15.3 Å². The number of nitrogens with zero attached hydrogens (tertiary/aromatic N) is 1. The number of amides is 2. The summed E-state index contributed by atoms with van der Waals surface area (Å²) in [5, 5.41) is 23.6. The average Bonchev–Trinajstić information content (AvgIpc) is 3.11. The zero-order valence-electron chi connectivity index (χ0n) is 14.5. The number of fused-ring (bicyclic) bond motifs is 1. The molecular formula is C20H18N2O5. The van der Waals surface area contributed by atoms with Gasteiger partial charge in [-0.2, -0.15) is 0 Å². The first-order chi connectivity index (χ1) is 12.9. The summed E-state index contributed by atoms with van der Waals surface area (Å²) in [5.41, 5.74) is -0.791. The van der Waals surface area contributed by atoms with Gasteiger partial charge in [0.1, 0.15) is 35.1 Å². The van der Waals surface area contributed by atoms with Crippen LogP contribution >= 0.6 is 0 Å². The number of carbonyl (C=O) groups is 3. The number of carboxylic acid groups (broad SMARTS) is 1. The molecule has 0 radical (unpaired) electrons. The Kier molecular flexibility index (Phi) is 3.78. The molecule has 0 saturated carbocycles. The van der Waals surface area contributed by atoms with Crippen LogP contribution in [0.3, 0.4) is 0 Å². The number of carbonyl (C=O) groups excluding carboxylic acids is 3. The molecule has 0 aliphatic carbocycles. The molecule has 0 unspecified atom stereocenters. The predicted molar refractivity (Wildman–Crippen MR) is 92.1 cm³/mol. The van der Waals surface area contributed by atoms with Gasteiger partial charge in [-0.3, -0.25) is 9.59 Å². The first-order valence-electron chi connectivity index (χ1n) is 8.64. The lowest BCUT2D eigenvalue weighted by molar-refractivity contribution is -0.735. The molecular weight excluding hydrogens is 348 g/mol. The number of quaternary nitrogens is 1. The number of para-hydroxylation sites is 2. The fourth-order valence-electron chi connectivity index (χ4n) is 4.34. The van der Waals surface area contributed by atoms with Crippen LogP contribution in [-0.4, -0.2) is 28.4 Å². The molecule has 2 aromatic carbocycles. The third kappa shape index (κ3) is 2.35. The van der Waals surface area contributed by atoms with Crippen molar-refractivity contribution in [1.29, 1.82) is 0 Å². The second-order valence-electron chi connectivity index (χ2n) is 7.17. The molecule has 138 valence electrons. The second kappa shape index (κ2) is 5.92. The number of nitrogens with two attached hydrogens (primary N) is 1. The number of aliphatic carboxylic acids is 1.